The molecule has 0 spiro atoms. The van der Waals surface area contributed by atoms with Crippen LogP contribution in [0.2, 0.25) is 0 Å². The van der Waals surface area contributed by atoms with Crippen LogP contribution < -0.4 is 4.90 Å². The molecule has 3 aromatic heterocycles. The number of hydrogen-bond acceptors (Lipinski definition) is 3. The lowest BCUT2D eigenvalue weighted by molar-refractivity contribution is 0.670. The Bertz CT molecular complexity index is 3500. The van der Waals surface area contributed by atoms with Crippen molar-refractivity contribution in [3.63, 3.8) is 0 Å². The summed E-state index contributed by atoms with van der Waals surface area (Å²) in [5.74, 6) is 0. The molecule has 272 valence electrons. The van der Waals surface area contributed by atoms with Crippen LogP contribution in [0.3, 0.4) is 0 Å². The molecule has 0 bridgehead atoms. The van der Waals surface area contributed by atoms with Crippen molar-refractivity contribution in [3.8, 4) is 27.9 Å². The molecular weight excluding hydrogens is 725 g/mol. The van der Waals surface area contributed by atoms with Gasteiger partial charge in [0.2, 0.25) is 0 Å². The van der Waals surface area contributed by atoms with Crippen LogP contribution in [0.25, 0.3) is 91.9 Å². The molecule has 12 rings (SSSR count). The van der Waals surface area contributed by atoms with E-state index in [9.17, 15) is 0 Å². The van der Waals surface area contributed by atoms with Gasteiger partial charge in [-0.15, -0.1) is 11.3 Å². The van der Waals surface area contributed by atoms with E-state index in [0.29, 0.717) is 0 Å². The highest BCUT2D eigenvalue weighted by molar-refractivity contribution is 7.25. The van der Waals surface area contributed by atoms with Gasteiger partial charge in [-0.2, -0.15) is 0 Å². The number of thiophene rings is 1. The van der Waals surface area contributed by atoms with Gasteiger partial charge in [0.25, 0.3) is 0 Å². The maximum Gasteiger partial charge on any atom is 0.145 e. The number of anilines is 3. The standard InChI is InChI=1S/C54H34N2OS/c1-3-14-37(15-4-1)55(39-30-31-43-42-18-7-10-22-46(42)56(48(43)34-39)38-16-5-2-6-17-38)47-33-32-41(54-53(47)44-19-8-11-23-49(44)57-54)36-28-26-35(27-29-36)40-21-13-25-51-52(40)45-20-9-12-24-50(45)58-51/h1-34H. The molecule has 3 nitrogen and oxygen atoms in total. The zero-order chi connectivity index (χ0) is 38.2. The van der Waals surface area contributed by atoms with Crippen molar-refractivity contribution >= 4 is 92.3 Å². The molecule has 0 aliphatic carbocycles. The number of rotatable bonds is 6. The van der Waals surface area contributed by atoms with Crippen LogP contribution in [0, 0.1) is 0 Å². The Hall–Kier alpha value is -7.40. The molecule has 0 N–H and O–H groups in total. The highest BCUT2D eigenvalue weighted by Gasteiger charge is 2.23. The second-order valence-electron chi connectivity index (χ2n) is 14.8. The predicted octanol–water partition coefficient (Wildman–Crippen LogP) is 15.9. The summed E-state index contributed by atoms with van der Waals surface area (Å²) in [7, 11) is 0. The summed E-state index contributed by atoms with van der Waals surface area (Å²) in [5.41, 5.74) is 13.1. The van der Waals surface area contributed by atoms with Gasteiger partial charge in [0.05, 0.1) is 22.1 Å². The molecule has 0 radical (unpaired) electrons. The van der Waals surface area contributed by atoms with Crippen LogP contribution in [-0.4, -0.2) is 4.57 Å². The lowest BCUT2D eigenvalue weighted by Crippen LogP contribution is -2.10. The molecule has 0 fully saturated rings. The average molecular weight is 759 g/mol. The van der Waals surface area contributed by atoms with Crippen LogP contribution in [0.4, 0.5) is 17.1 Å². The van der Waals surface area contributed by atoms with Crippen LogP contribution in [0.15, 0.2) is 211 Å². The highest BCUT2D eigenvalue weighted by Crippen LogP contribution is 2.48. The Morgan fingerprint density at radius 1 is 0.414 bits per heavy atom. The van der Waals surface area contributed by atoms with E-state index in [2.05, 4.69) is 216 Å². The van der Waals surface area contributed by atoms with Crippen molar-refractivity contribution in [1.82, 2.24) is 4.57 Å². The molecule has 3 heterocycles. The zero-order valence-electron chi connectivity index (χ0n) is 31.3. The van der Waals surface area contributed by atoms with E-state index < -0.39 is 0 Å². The van der Waals surface area contributed by atoms with E-state index in [1.807, 2.05) is 11.3 Å². The minimum Gasteiger partial charge on any atom is -0.455 e. The molecule has 0 atom stereocenters. The molecule has 4 heteroatoms. The van der Waals surface area contributed by atoms with Crippen molar-refractivity contribution < 1.29 is 4.42 Å². The Labute approximate surface area is 338 Å². The topological polar surface area (TPSA) is 21.3 Å². The zero-order valence-corrected chi connectivity index (χ0v) is 32.2. The quantitative estimate of drug-likeness (QED) is 0.168. The molecule has 12 aromatic rings. The third-order valence-corrected chi connectivity index (χ3v) is 12.7. The number of benzene rings is 9. The van der Waals surface area contributed by atoms with Crippen molar-refractivity contribution in [1.29, 1.82) is 0 Å². The van der Waals surface area contributed by atoms with E-state index in [4.69, 9.17) is 4.42 Å². The van der Waals surface area contributed by atoms with Crippen molar-refractivity contribution in [2.24, 2.45) is 0 Å². The maximum atomic E-state index is 6.87. The Balaban J connectivity index is 1.05. The van der Waals surface area contributed by atoms with Gasteiger partial charge in [-0.1, -0.05) is 133 Å². The summed E-state index contributed by atoms with van der Waals surface area (Å²) in [6.07, 6.45) is 0. The average Bonchev–Trinajstić information content (AvgIpc) is 3.97. The number of para-hydroxylation sites is 4. The predicted molar refractivity (Wildman–Crippen MR) is 247 cm³/mol. The monoisotopic (exact) mass is 758 g/mol. The van der Waals surface area contributed by atoms with Gasteiger partial charge in [0.15, 0.2) is 0 Å². The van der Waals surface area contributed by atoms with Gasteiger partial charge in [-0.25, -0.2) is 0 Å². The SMILES string of the molecule is c1ccc(N(c2ccc3c4ccccc4n(-c4ccccc4)c3c2)c2ccc(-c3ccc(-c4cccc5sc6ccccc6c45)cc3)c3oc4ccccc4c23)cc1. The number of furan rings is 1. The normalized spacial score (nSPS) is 11.8. The Morgan fingerprint density at radius 3 is 1.90 bits per heavy atom. The van der Waals surface area contributed by atoms with Crippen LogP contribution in [0.1, 0.15) is 0 Å². The largest absolute Gasteiger partial charge is 0.455 e. The maximum absolute atomic E-state index is 6.87. The second kappa shape index (κ2) is 13.1. The van der Waals surface area contributed by atoms with Crippen molar-refractivity contribution in [2.45, 2.75) is 0 Å². The number of nitrogens with zero attached hydrogens (tertiary/aromatic N) is 2. The third kappa shape index (κ3) is 5.05. The molecule has 58 heavy (non-hydrogen) atoms. The summed E-state index contributed by atoms with van der Waals surface area (Å²) >= 11 is 1.86. The first-order valence-electron chi connectivity index (χ1n) is 19.7. The van der Waals surface area contributed by atoms with E-state index >= 15 is 0 Å². The fraction of sp³-hybridized carbons (Fsp3) is 0. The van der Waals surface area contributed by atoms with Crippen molar-refractivity contribution in [2.75, 3.05) is 4.90 Å². The van der Waals surface area contributed by atoms with Crippen LogP contribution >= 0.6 is 11.3 Å². The summed E-state index contributed by atoms with van der Waals surface area (Å²) in [6, 6.07) is 74.2. The van der Waals surface area contributed by atoms with E-state index in [-0.39, 0.29) is 0 Å². The molecule has 9 aromatic carbocycles. The van der Waals surface area contributed by atoms with E-state index in [1.165, 1.54) is 47.6 Å². The van der Waals surface area contributed by atoms with Crippen LogP contribution in [0.5, 0.6) is 0 Å². The minimum absolute atomic E-state index is 0.867. The molecule has 0 saturated heterocycles. The number of fused-ring (bicyclic) bond motifs is 9. The fourth-order valence-corrected chi connectivity index (χ4v) is 10.2. The van der Waals surface area contributed by atoms with Gasteiger partial charge in [0.1, 0.15) is 11.2 Å². The van der Waals surface area contributed by atoms with E-state index in [1.54, 1.807) is 0 Å². The molecule has 0 aliphatic heterocycles. The van der Waals surface area contributed by atoms with Gasteiger partial charge in [0, 0.05) is 59.0 Å². The lowest BCUT2D eigenvalue weighted by Gasteiger charge is -2.27. The third-order valence-electron chi connectivity index (χ3n) is 11.6. The van der Waals surface area contributed by atoms with Gasteiger partial charge in [-0.3, -0.25) is 0 Å². The van der Waals surface area contributed by atoms with Gasteiger partial charge >= 0.3 is 0 Å². The number of hydrogen-bond donors (Lipinski definition) is 0. The molecular formula is C54H34N2OS. The molecule has 0 saturated carbocycles. The summed E-state index contributed by atoms with van der Waals surface area (Å²) in [4.78, 5) is 2.38. The molecule has 0 unspecified atom stereocenters. The first kappa shape index (κ1) is 32.8. The highest BCUT2D eigenvalue weighted by atomic mass is 32.1. The molecule has 0 amide bonds. The van der Waals surface area contributed by atoms with Crippen LogP contribution in [-0.2, 0) is 0 Å². The summed E-state index contributed by atoms with van der Waals surface area (Å²) in [5, 5.41) is 7.26. The lowest BCUT2D eigenvalue weighted by atomic mass is 9.95. The van der Waals surface area contributed by atoms with Gasteiger partial charge in [-0.05, 0) is 89.5 Å². The van der Waals surface area contributed by atoms with Gasteiger partial charge < -0.3 is 13.9 Å². The minimum atomic E-state index is 0.867. The number of aromatic nitrogens is 1. The fourth-order valence-electron chi connectivity index (χ4n) is 9.03. The van der Waals surface area contributed by atoms with Crippen molar-refractivity contribution in [3.05, 3.63) is 206 Å². The smallest absolute Gasteiger partial charge is 0.145 e. The Kier molecular flexibility index (Phi) is 7.40. The first-order valence-corrected chi connectivity index (χ1v) is 20.5. The molecule has 0 aliphatic rings. The second-order valence-corrected chi connectivity index (χ2v) is 15.9. The van der Waals surface area contributed by atoms with E-state index in [0.717, 1.165) is 61.3 Å². The Morgan fingerprint density at radius 2 is 1.07 bits per heavy atom. The summed E-state index contributed by atoms with van der Waals surface area (Å²) in [6.45, 7) is 0. The summed E-state index contributed by atoms with van der Waals surface area (Å²) < 4.78 is 11.9. The first-order chi connectivity index (χ1) is 28.8.